The molecular weight excluding hydrogens is 224 g/mol. The fourth-order valence-corrected chi connectivity index (χ4v) is 2.43. The monoisotopic (exact) mass is 248 g/mol. The molecule has 0 unspecified atom stereocenters. The zero-order chi connectivity index (χ0) is 13.0. The van der Waals surface area contributed by atoms with Gasteiger partial charge in [0.2, 0.25) is 0 Å². The normalized spacial score (nSPS) is 16.8. The Balaban J connectivity index is 2.17. The van der Waals surface area contributed by atoms with E-state index >= 15 is 0 Å². The van der Waals surface area contributed by atoms with Gasteiger partial charge < -0.3 is 10.1 Å². The molecule has 0 bridgehead atoms. The molecule has 1 saturated heterocycles. The maximum absolute atomic E-state index is 5.85. The molecule has 100 valence electrons. The molecule has 3 nitrogen and oxygen atoms in total. The lowest BCUT2D eigenvalue weighted by molar-refractivity contribution is 0.228. The predicted molar refractivity (Wildman–Crippen MR) is 75.2 cm³/mol. The molecule has 1 aliphatic rings. The lowest BCUT2D eigenvalue weighted by atomic mass is 10.0. The summed E-state index contributed by atoms with van der Waals surface area (Å²) in [6.45, 7) is 12.5. The maximum Gasteiger partial charge on any atom is 0.126 e. The smallest absolute Gasteiger partial charge is 0.126 e. The van der Waals surface area contributed by atoms with Crippen LogP contribution in [0.5, 0.6) is 5.75 Å². The van der Waals surface area contributed by atoms with Crippen LogP contribution in [-0.4, -0.2) is 37.7 Å². The molecule has 0 atom stereocenters. The molecule has 18 heavy (non-hydrogen) atoms. The van der Waals surface area contributed by atoms with Gasteiger partial charge in [-0.15, -0.1) is 0 Å². The number of ether oxygens (including phenoxy) is 1. The Morgan fingerprint density at radius 1 is 1.22 bits per heavy atom. The van der Waals surface area contributed by atoms with E-state index in [1.807, 2.05) is 0 Å². The molecule has 1 aromatic carbocycles. The van der Waals surface area contributed by atoms with Crippen molar-refractivity contribution in [2.45, 2.75) is 27.3 Å². The van der Waals surface area contributed by atoms with Gasteiger partial charge in [0.1, 0.15) is 5.75 Å². The third kappa shape index (κ3) is 3.03. The molecule has 1 fully saturated rings. The van der Waals surface area contributed by atoms with Crippen LogP contribution in [0.15, 0.2) is 12.1 Å². The Morgan fingerprint density at radius 2 is 1.94 bits per heavy atom. The van der Waals surface area contributed by atoms with E-state index in [4.69, 9.17) is 4.74 Å². The second-order valence-corrected chi connectivity index (χ2v) is 4.95. The Kier molecular flexibility index (Phi) is 4.61. The second-order valence-electron chi connectivity index (χ2n) is 4.95. The molecule has 1 aliphatic heterocycles. The fraction of sp³-hybridized carbons (Fsp3) is 0.600. The summed E-state index contributed by atoms with van der Waals surface area (Å²) in [5.41, 5.74) is 3.91. The summed E-state index contributed by atoms with van der Waals surface area (Å²) in [6, 6.07) is 4.42. The Morgan fingerprint density at radius 3 is 2.61 bits per heavy atom. The van der Waals surface area contributed by atoms with Crippen LogP contribution < -0.4 is 10.1 Å². The van der Waals surface area contributed by atoms with Gasteiger partial charge in [-0.1, -0.05) is 12.1 Å². The minimum atomic E-state index is 0.735. The van der Waals surface area contributed by atoms with E-state index < -0.39 is 0 Å². The van der Waals surface area contributed by atoms with Crippen LogP contribution in [0.4, 0.5) is 0 Å². The van der Waals surface area contributed by atoms with E-state index in [1.54, 1.807) is 0 Å². The minimum absolute atomic E-state index is 0.735. The van der Waals surface area contributed by atoms with E-state index in [0.29, 0.717) is 0 Å². The summed E-state index contributed by atoms with van der Waals surface area (Å²) in [6.07, 6.45) is 0. The first-order chi connectivity index (χ1) is 8.72. The number of nitrogens with one attached hydrogen (secondary N) is 1. The van der Waals surface area contributed by atoms with Gasteiger partial charge in [-0.05, 0) is 31.9 Å². The highest BCUT2D eigenvalue weighted by Crippen LogP contribution is 2.27. The van der Waals surface area contributed by atoms with Crippen LogP contribution in [0.2, 0.25) is 0 Å². The molecule has 2 rings (SSSR count). The van der Waals surface area contributed by atoms with E-state index in [0.717, 1.165) is 45.1 Å². The fourth-order valence-electron chi connectivity index (χ4n) is 2.43. The standard InChI is InChI=1S/C15H24N2O/c1-4-18-15-13(3)12(2)5-6-14(15)11-17-9-7-16-8-10-17/h5-6,16H,4,7-11H2,1-3H3. The highest BCUT2D eigenvalue weighted by molar-refractivity contribution is 5.45. The van der Waals surface area contributed by atoms with Gasteiger partial charge in [0.15, 0.2) is 0 Å². The zero-order valence-electron chi connectivity index (χ0n) is 11.8. The average Bonchev–Trinajstić information content (AvgIpc) is 2.39. The van der Waals surface area contributed by atoms with Crippen molar-refractivity contribution in [2.24, 2.45) is 0 Å². The van der Waals surface area contributed by atoms with Gasteiger partial charge >= 0.3 is 0 Å². The number of benzene rings is 1. The zero-order valence-corrected chi connectivity index (χ0v) is 11.8. The molecule has 0 spiro atoms. The number of aryl methyl sites for hydroxylation is 1. The highest BCUT2D eigenvalue weighted by Gasteiger charge is 2.14. The van der Waals surface area contributed by atoms with Crippen molar-refractivity contribution < 1.29 is 4.74 Å². The second kappa shape index (κ2) is 6.21. The first kappa shape index (κ1) is 13.4. The van der Waals surface area contributed by atoms with Gasteiger partial charge in [-0.25, -0.2) is 0 Å². The number of piperazine rings is 1. The molecule has 0 aliphatic carbocycles. The van der Waals surface area contributed by atoms with Crippen molar-refractivity contribution in [3.63, 3.8) is 0 Å². The maximum atomic E-state index is 5.85. The van der Waals surface area contributed by atoms with Crippen LogP contribution in [-0.2, 0) is 6.54 Å². The number of hydrogen-bond acceptors (Lipinski definition) is 3. The largest absolute Gasteiger partial charge is 0.493 e. The number of nitrogens with zero attached hydrogens (tertiary/aromatic N) is 1. The van der Waals surface area contributed by atoms with Crippen molar-refractivity contribution in [1.29, 1.82) is 0 Å². The van der Waals surface area contributed by atoms with Gasteiger partial charge in [0, 0.05) is 38.3 Å². The first-order valence-electron chi connectivity index (χ1n) is 6.87. The summed E-state index contributed by atoms with van der Waals surface area (Å²) in [5.74, 6) is 1.09. The van der Waals surface area contributed by atoms with Crippen molar-refractivity contribution in [3.8, 4) is 5.75 Å². The first-order valence-corrected chi connectivity index (χ1v) is 6.87. The Bertz CT molecular complexity index is 398. The van der Waals surface area contributed by atoms with Crippen molar-refractivity contribution >= 4 is 0 Å². The van der Waals surface area contributed by atoms with Gasteiger partial charge in [-0.3, -0.25) is 4.90 Å². The molecular formula is C15H24N2O. The Labute approximate surface area is 110 Å². The molecule has 1 N–H and O–H groups in total. The average molecular weight is 248 g/mol. The highest BCUT2D eigenvalue weighted by atomic mass is 16.5. The van der Waals surface area contributed by atoms with Crippen LogP contribution in [0.25, 0.3) is 0 Å². The molecule has 0 amide bonds. The number of rotatable bonds is 4. The summed E-state index contributed by atoms with van der Waals surface area (Å²) in [4.78, 5) is 2.49. The summed E-state index contributed by atoms with van der Waals surface area (Å²) < 4.78 is 5.85. The van der Waals surface area contributed by atoms with Crippen LogP contribution in [0, 0.1) is 13.8 Å². The van der Waals surface area contributed by atoms with Crippen LogP contribution >= 0.6 is 0 Å². The predicted octanol–water partition coefficient (Wildman–Crippen LogP) is 2.11. The van der Waals surface area contributed by atoms with Crippen molar-refractivity contribution in [2.75, 3.05) is 32.8 Å². The van der Waals surface area contributed by atoms with Gasteiger partial charge in [-0.2, -0.15) is 0 Å². The molecule has 1 aromatic rings. The van der Waals surface area contributed by atoms with Gasteiger partial charge in [0.25, 0.3) is 0 Å². The van der Waals surface area contributed by atoms with Crippen LogP contribution in [0.3, 0.4) is 0 Å². The summed E-state index contributed by atoms with van der Waals surface area (Å²) >= 11 is 0. The summed E-state index contributed by atoms with van der Waals surface area (Å²) in [5, 5.41) is 3.39. The quantitative estimate of drug-likeness (QED) is 0.883. The van der Waals surface area contributed by atoms with E-state index in [1.165, 1.54) is 16.7 Å². The number of hydrogen-bond donors (Lipinski definition) is 1. The summed E-state index contributed by atoms with van der Waals surface area (Å²) in [7, 11) is 0. The van der Waals surface area contributed by atoms with E-state index in [9.17, 15) is 0 Å². The molecule has 0 radical (unpaired) electrons. The minimum Gasteiger partial charge on any atom is -0.493 e. The third-order valence-electron chi connectivity index (χ3n) is 3.65. The Hall–Kier alpha value is -1.06. The lowest BCUT2D eigenvalue weighted by Gasteiger charge is -2.28. The van der Waals surface area contributed by atoms with Crippen LogP contribution in [0.1, 0.15) is 23.6 Å². The van der Waals surface area contributed by atoms with Crippen molar-refractivity contribution in [3.05, 3.63) is 28.8 Å². The van der Waals surface area contributed by atoms with Gasteiger partial charge in [0.05, 0.1) is 6.61 Å². The van der Waals surface area contributed by atoms with E-state index in [2.05, 4.69) is 43.1 Å². The molecule has 0 aromatic heterocycles. The molecule has 3 heteroatoms. The molecule has 1 heterocycles. The van der Waals surface area contributed by atoms with E-state index in [-0.39, 0.29) is 0 Å². The van der Waals surface area contributed by atoms with Crippen molar-refractivity contribution in [1.82, 2.24) is 10.2 Å². The SMILES string of the molecule is CCOc1c(CN2CCNCC2)ccc(C)c1C. The third-order valence-corrected chi connectivity index (χ3v) is 3.65. The topological polar surface area (TPSA) is 24.5 Å². The lowest BCUT2D eigenvalue weighted by Crippen LogP contribution is -2.42. The molecule has 0 saturated carbocycles.